The van der Waals surface area contributed by atoms with Gasteiger partial charge in [0.1, 0.15) is 11.9 Å². The van der Waals surface area contributed by atoms with Crippen LogP contribution >= 0.6 is 12.2 Å². The lowest BCUT2D eigenvalue weighted by Gasteiger charge is -2.24. The van der Waals surface area contributed by atoms with Gasteiger partial charge in [-0.25, -0.2) is 9.40 Å². The van der Waals surface area contributed by atoms with Crippen molar-refractivity contribution >= 4 is 46.7 Å². The number of hydrogen-bond acceptors (Lipinski definition) is 5. The van der Waals surface area contributed by atoms with Gasteiger partial charge in [0.25, 0.3) is 11.9 Å². The molecule has 9 nitrogen and oxygen atoms in total. The van der Waals surface area contributed by atoms with E-state index in [9.17, 15) is 18.8 Å². The minimum absolute atomic E-state index is 0.0130. The summed E-state index contributed by atoms with van der Waals surface area (Å²) in [5, 5.41) is 8.58. The molecule has 1 heterocycles. The maximum Gasteiger partial charge on any atom is 0.300 e. The van der Waals surface area contributed by atoms with Crippen LogP contribution in [0.1, 0.15) is 25.3 Å². The van der Waals surface area contributed by atoms with Crippen molar-refractivity contribution in [1.29, 1.82) is 0 Å². The minimum atomic E-state index is -1.06. The number of carbonyl (C=O) groups excluding carboxylic acids is 3. The van der Waals surface area contributed by atoms with E-state index in [-0.39, 0.29) is 23.9 Å². The van der Waals surface area contributed by atoms with Crippen LogP contribution in [0.25, 0.3) is 0 Å². The van der Waals surface area contributed by atoms with Crippen LogP contribution in [0, 0.1) is 5.82 Å². The molecule has 33 heavy (non-hydrogen) atoms. The zero-order chi connectivity index (χ0) is 24.5. The number of nitrogens with one attached hydrogen (secondary N) is 1. The third-order valence-electron chi connectivity index (χ3n) is 4.42. The lowest BCUT2D eigenvalue weighted by Crippen LogP contribution is -2.49. The molecule has 3 amide bonds. The number of primary amides is 1. The number of amides is 3. The maximum absolute atomic E-state index is 13.2. The first-order valence-electron chi connectivity index (χ1n) is 9.84. The van der Waals surface area contributed by atoms with Crippen molar-refractivity contribution in [3.63, 3.8) is 0 Å². The van der Waals surface area contributed by atoms with Crippen LogP contribution in [0.2, 0.25) is 0 Å². The molecule has 2 aromatic carbocycles. The van der Waals surface area contributed by atoms with Crippen LogP contribution in [0.15, 0.2) is 54.6 Å². The van der Waals surface area contributed by atoms with Crippen LogP contribution in [0.4, 0.5) is 10.1 Å². The second kappa shape index (κ2) is 11.7. The molecule has 1 atom stereocenters. The summed E-state index contributed by atoms with van der Waals surface area (Å²) in [5.74, 6) is -2.90. The van der Waals surface area contributed by atoms with E-state index >= 15 is 0 Å². The molecule has 1 unspecified atom stereocenters. The number of halogens is 1. The number of carboxylic acids is 1. The number of hydrogen-bond donors (Lipinski definition) is 3. The largest absolute Gasteiger partial charge is 0.481 e. The molecule has 1 fully saturated rings. The van der Waals surface area contributed by atoms with E-state index in [4.69, 9.17) is 27.9 Å². The second-order valence-electron chi connectivity index (χ2n) is 7.03. The molecule has 174 valence electrons. The highest BCUT2D eigenvalue weighted by Gasteiger charge is 2.45. The Hall–Kier alpha value is -3.86. The first-order chi connectivity index (χ1) is 15.6. The molecule has 4 N–H and O–H groups in total. The van der Waals surface area contributed by atoms with Gasteiger partial charge in [0.15, 0.2) is 0 Å². The fraction of sp³-hybridized carbons (Fsp3) is 0.227. The molecule has 0 saturated carbocycles. The van der Waals surface area contributed by atoms with Crippen LogP contribution in [0.3, 0.4) is 0 Å². The average molecular weight is 475 g/mol. The van der Waals surface area contributed by atoms with Crippen LogP contribution in [0.5, 0.6) is 0 Å². The Kier molecular flexibility index (Phi) is 8.98. The molecule has 2 aromatic rings. The van der Waals surface area contributed by atoms with Gasteiger partial charge in [-0.15, -0.1) is 0 Å². The van der Waals surface area contributed by atoms with Gasteiger partial charge in [0.05, 0.1) is 12.1 Å². The summed E-state index contributed by atoms with van der Waals surface area (Å²) < 4.78 is 13.2. The predicted molar refractivity (Wildman–Crippen MR) is 122 cm³/mol. The molecule has 0 aliphatic carbocycles. The smallest absolute Gasteiger partial charge is 0.300 e. The van der Waals surface area contributed by atoms with E-state index in [1.807, 2.05) is 30.3 Å². The Morgan fingerprint density at radius 2 is 1.70 bits per heavy atom. The summed E-state index contributed by atoms with van der Waals surface area (Å²) in [4.78, 5) is 46.9. The molecule has 3 rings (SSSR count). The fourth-order valence-corrected chi connectivity index (χ4v) is 3.38. The topological polar surface area (TPSA) is 133 Å². The third-order valence-corrected chi connectivity index (χ3v) is 4.80. The number of aliphatic carboxylic acids is 1. The van der Waals surface area contributed by atoms with Gasteiger partial charge < -0.3 is 10.8 Å². The monoisotopic (exact) mass is 474 g/mol. The SMILES string of the molecule is CC(=O)O.NC(=O)CC1C(=O)N(c2ccc(F)cc2)C(=S)N1NC(=O)CCc1ccccc1. The van der Waals surface area contributed by atoms with Crippen molar-refractivity contribution in [3.05, 3.63) is 66.0 Å². The van der Waals surface area contributed by atoms with Gasteiger partial charge in [-0.05, 0) is 48.5 Å². The average Bonchev–Trinajstić information content (AvgIpc) is 2.97. The number of nitrogens with two attached hydrogens (primary N) is 1. The summed E-state index contributed by atoms with van der Waals surface area (Å²) in [6.45, 7) is 1.08. The highest BCUT2D eigenvalue weighted by molar-refractivity contribution is 7.80. The Labute approximate surface area is 194 Å². The van der Waals surface area contributed by atoms with Crippen molar-refractivity contribution < 1.29 is 28.7 Å². The van der Waals surface area contributed by atoms with Gasteiger partial charge >= 0.3 is 0 Å². The maximum atomic E-state index is 13.2. The number of hydrazine groups is 1. The Morgan fingerprint density at radius 3 is 2.24 bits per heavy atom. The van der Waals surface area contributed by atoms with E-state index < -0.39 is 29.6 Å². The van der Waals surface area contributed by atoms with Gasteiger partial charge in [0.2, 0.25) is 16.9 Å². The standard InChI is InChI=1S/C20H19FN4O3S.C2H4O2/c21-14-7-9-15(10-8-14)24-19(28)16(12-17(22)26)25(20(24)29)23-18(27)11-6-13-4-2-1-3-5-13;1-2(3)4/h1-5,7-10,16H,6,11-12H2,(H2,22,26)(H,23,27);1H3,(H,3,4). The lowest BCUT2D eigenvalue weighted by molar-refractivity contribution is -0.134. The minimum Gasteiger partial charge on any atom is -0.481 e. The van der Waals surface area contributed by atoms with E-state index in [0.717, 1.165) is 17.4 Å². The van der Waals surface area contributed by atoms with Gasteiger partial charge in [0, 0.05) is 13.3 Å². The summed E-state index contributed by atoms with van der Waals surface area (Å²) in [7, 11) is 0. The molecule has 1 aliphatic rings. The van der Waals surface area contributed by atoms with Crippen molar-refractivity contribution in [2.45, 2.75) is 32.2 Å². The molecule has 11 heteroatoms. The highest BCUT2D eigenvalue weighted by atomic mass is 32.1. The number of anilines is 1. The quantitative estimate of drug-likeness (QED) is 0.521. The molecule has 0 radical (unpaired) electrons. The van der Waals surface area contributed by atoms with Gasteiger partial charge in [-0.3, -0.25) is 29.5 Å². The number of nitrogens with zero attached hydrogens (tertiary/aromatic N) is 2. The molecule has 0 aromatic heterocycles. The van der Waals surface area contributed by atoms with Crippen LogP contribution in [-0.4, -0.2) is 45.0 Å². The van der Waals surface area contributed by atoms with Gasteiger partial charge in [-0.1, -0.05) is 30.3 Å². The zero-order valence-electron chi connectivity index (χ0n) is 17.7. The van der Waals surface area contributed by atoms with Crippen molar-refractivity contribution in [2.24, 2.45) is 5.73 Å². The third kappa shape index (κ3) is 7.35. The fourth-order valence-electron chi connectivity index (χ4n) is 3.01. The van der Waals surface area contributed by atoms with E-state index in [2.05, 4.69) is 5.43 Å². The summed E-state index contributed by atoms with van der Waals surface area (Å²) in [5.41, 5.74) is 9.20. The first kappa shape index (κ1) is 25.4. The van der Waals surface area contributed by atoms with Crippen molar-refractivity contribution in [3.8, 4) is 0 Å². The number of rotatable bonds is 7. The van der Waals surface area contributed by atoms with Crippen molar-refractivity contribution in [2.75, 3.05) is 4.90 Å². The molecule has 0 bridgehead atoms. The van der Waals surface area contributed by atoms with Gasteiger partial charge in [-0.2, -0.15) is 0 Å². The molecular weight excluding hydrogens is 451 g/mol. The first-order valence-corrected chi connectivity index (χ1v) is 10.2. The highest BCUT2D eigenvalue weighted by Crippen LogP contribution is 2.26. The summed E-state index contributed by atoms with van der Waals surface area (Å²) >= 11 is 5.35. The molecule has 1 aliphatic heterocycles. The number of benzene rings is 2. The van der Waals surface area contributed by atoms with E-state index in [1.54, 1.807) is 0 Å². The van der Waals surface area contributed by atoms with Crippen LogP contribution < -0.4 is 16.1 Å². The van der Waals surface area contributed by atoms with E-state index in [0.29, 0.717) is 12.1 Å². The number of carboxylic acid groups (broad SMARTS) is 1. The number of aryl methyl sites for hydroxylation is 1. The molecular formula is C22H23FN4O5S. The number of carbonyl (C=O) groups is 4. The Bertz CT molecular complexity index is 1030. The predicted octanol–water partition coefficient (Wildman–Crippen LogP) is 1.76. The normalized spacial score (nSPS) is 15.0. The summed E-state index contributed by atoms with van der Waals surface area (Å²) in [6.07, 6.45) is 0.343. The summed E-state index contributed by atoms with van der Waals surface area (Å²) in [6, 6.07) is 13.6. The molecule has 0 spiro atoms. The number of thiocarbonyl (C=S) groups is 1. The van der Waals surface area contributed by atoms with E-state index in [1.165, 1.54) is 29.3 Å². The molecule has 1 saturated heterocycles. The van der Waals surface area contributed by atoms with Crippen molar-refractivity contribution in [1.82, 2.24) is 10.4 Å². The second-order valence-corrected chi connectivity index (χ2v) is 7.39. The Balaban J connectivity index is 0.000000890. The zero-order valence-corrected chi connectivity index (χ0v) is 18.5. The van der Waals surface area contributed by atoms with Crippen LogP contribution in [-0.2, 0) is 25.6 Å². The lowest BCUT2D eigenvalue weighted by atomic mass is 10.1. The Morgan fingerprint density at radius 1 is 1.12 bits per heavy atom.